The van der Waals surface area contributed by atoms with E-state index in [2.05, 4.69) is 12.2 Å². The van der Waals surface area contributed by atoms with Crippen molar-refractivity contribution < 1.29 is 33.8 Å². The van der Waals surface area contributed by atoms with Crippen molar-refractivity contribution in [1.82, 2.24) is 15.1 Å². The number of hydrogen-bond donors (Lipinski definition) is 2. The van der Waals surface area contributed by atoms with Crippen molar-refractivity contribution in [3.8, 4) is 0 Å². The largest absolute Gasteiger partial charge is 0.460 e. The second-order valence-corrected chi connectivity index (χ2v) is 11.6. The van der Waals surface area contributed by atoms with Crippen molar-refractivity contribution in [3.63, 3.8) is 0 Å². The Morgan fingerprint density at radius 3 is 2.65 bits per heavy atom. The Morgan fingerprint density at radius 2 is 1.90 bits per heavy atom. The molecule has 2 saturated heterocycles. The van der Waals surface area contributed by atoms with Gasteiger partial charge < -0.3 is 29.7 Å². The summed E-state index contributed by atoms with van der Waals surface area (Å²) in [6.45, 7) is 6.82. The highest BCUT2D eigenvalue weighted by atomic mass is 16.6. The first-order chi connectivity index (χ1) is 19.2. The fourth-order valence-electron chi connectivity index (χ4n) is 6.61. The number of rotatable bonds is 9. The van der Waals surface area contributed by atoms with Crippen LogP contribution in [0.15, 0.2) is 24.3 Å². The molecule has 2 fully saturated rings. The maximum Gasteiger partial charge on any atom is 0.313 e. The molecular weight excluding hydrogens is 514 g/mol. The van der Waals surface area contributed by atoms with Crippen LogP contribution < -0.4 is 5.32 Å². The molecule has 2 N–H and O–H groups in total. The number of carbonyl (C=O) groups excluding carboxylic acids is 4. The van der Waals surface area contributed by atoms with E-state index in [1.807, 2.05) is 30.1 Å². The van der Waals surface area contributed by atoms with Crippen LogP contribution in [0.2, 0.25) is 0 Å². The number of aliphatic hydroxyl groups is 1. The van der Waals surface area contributed by atoms with Gasteiger partial charge in [0.1, 0.15) is 23.7 Å². The SMILES string of the molecule is CCCC(C)N1C/C=C\CCC(=O)NC[C@H](C)OC(=O)[C@@H]2[C@H]3C(=O)N(CCCCCCO)[C@H](C1=O)[C@]31C=C[C@H]2O1. The number of allylic oxidation sites excluding steroid dienone is 1. The second kappa shape index (κ2) is 13.3. The Labute approximate surface area is 237 Å². The predicted octanol–water partition coefficient (Wildman–Crippen LogP) is 2.10. The monoisotopic (exact) mass is 559 g/mol. The van der Waals surface area contributed by atoms with Crippen LogP contribution in [-0.4, -0.2) is 94.7 Å². The number of carbonyl (C=O) groups is 4. The molecule has 0 aromatic rings. The lowest BCUT2D eigenvalue weighted by molar-refractivity contribution is -0.158. The minimum atomic E-state index is -1.23. The van der Waals surface area contributed by atoms with E-state index < -0.39 is 41.7 Å². The molecule has 0 radical (unpaired) electrons. The summed E-state index contributed by atoms with van der Waals surface area (Å²) in [6.07, 6.45) is 11.8. The number of cyclic esters (lactones) is 1. The summed E-state index contributed by atoms with van der Waals surface area (Å²) in [5.74, 6) is -2.84. The molecule has 0 aliphatic carbocycles. The van der Waals surface area contributed by atoms with E-state index >= 15 is 0 Å². The summed E-state index contributed by atoms with van der Waals surface area (Å²) in [5.41, 5.74) is -1.23. The third-order valence-corrected chi connectivity index (χ3v) is 8.62. The molecule has 3 amide bonds. The molecule has 40 heavy (non-hydrogen) atoms. The van der Waals surface area contributed by atoms with Crippen LogP contribution in [0.5, 0.6) is 0 Å². The lowest BCUT2D eigenvalue weighted by Gasteiger charge is -2.38. The highest BCUT2D eigenvalue weighted by Gasteiger charge is 2.73. The summed E-state index contributed by atoms with van der Waals surface area (Å²) in [7, 11) is 0. The summed E-state index contributed by atoms with van der Waals surface area (Å²) >= 11 is 0. The summed E-state index contributed by atoms with van der Waals surface area (Å²) in [5, 5.41) is 12.0. The lowest BCUT2D eigenvalue weighted by atomic mass is 9.74. The Balaban J connectivity index is 1.71. The van der Waals surface area contributed by atoms with Crippen molar-refractivity contribution in [2.45, 2.75) is 102 Å². The smallest absolute Gasteiger partial charge is 0.313 e. The van der Waals surface area contributed by atoms with Crippen molar-refractivity contribution in [1.29, 1.82) is 0 Å². The zero-order valence-electron chi connectivity index (χ0n) is 24.0. The van der Waals surface area contributed by atoms with Crippen LogP contribution in [0.3, 0.4) is 0 Å². The molecule has 5 bridgehead atoms. The Kier molecular flexibility index (Phi) is 10.1. The van der Waals surface area contributed by atoms with Gasteiger partial charge in [0.2, 0.25) is 17.7 Å². The van der Waals surface area contributed by atoms with Gasteiger partial charge in [-0.1, -0.05) is 50.5 Å². The fraction of sp³-hybridized carbons (Fsp3) is 0.733. The van der Waals surface area contributed by atoms with Gasteiger partial charge in [-0.3, -0.25) is 19.2 Å². The molecule has 4 rings (SSSR count). The number of likely N-dealkylation sites (tertiary alicyclic amines) is 1. The average molecular weight is 560 g/mol. The van der Waals surface area contributed by atoms with Gasteiger partial charge in [0.15, 0.2) is 0 Å². The number of nitrogens with one attached hydrogen (secondary N) is 1. The van der Waals surface area contributed by atoms with Crippen molar-refractivity contribution in [2.75, 3.05) is 26.2 Å². The Bertz CT molecular complexity index is 1010. The van der Waals surface area contributed by atoms with Gasteiger partial charge in [-0.2, -0.15) is 0 Å². The predicted molar refractivity (Wildman–Crippen MR) is 148 cm³/mol. The van der Waals surface area contributed by atoms with Crippen LogP contribution in [0.25, 0.3) is 0 Å². The van der Waals surface area contributed by atoms with Crippen LogP contribution in [0, 0.1) is 11.8 Å². The highest BCUT2D eigenvalue weighted by Crippen LogP contribution is 2.55. The number of fused-ring (bicyclic) bond motifs is 2. The zero-order chi connectivity index (χ0) is 28.9. The second-order valence-electron chi connectivity index (χ2n) is 11.6. The molecule has 7 atom stereocenters. The van der Waals surface area contributed by atoms with Gasteiger partial charge in [-0.25, -0.2) is 0 Å². The minimum Gasteiger partial charge on any atom is -0.460 e. The third kappa shape index (κ3) is 5.98. The van der Waals surface area contributed by atoms with E-state index in [0.29, 0.717) is 38.8 Å². The van der Waals surface area contributed by atoms with Crippen molar-refractivity contribution in [3.05, 3.63) is 24.3 Å². The molecule has 1 unspecified atom stereocenters. The van der Waals surface area contributed by atoms with E-state index in [0.717, 1.165) is 25.7 Å². The lowest BCUT2D eigenvalue weighted by Crippen LogP contribution is -2.57. The van der Waals surface area contributed by atoms with Gasteiger partial charge in [-0.05, 0) is 39.5 Å². The van der Waals surface area contributed by atoms with E-state index in [9.17, 15) is 19.2 Å². The number of nitrogens with zero attached hydrogens (tertiary/aromatic N) is 2. The van der Waals surface area contributed by atoms with Crippen LogP contribution in [0.4, 0.5) is 0 Å². The number of amides is 3. The first kappa shape index (κ1) is 30.2. The van der Waals surface area contributed by atoms with Crippen LogP contribution in [-0.2, 0) is 28.7 Å². The number of hydrogen-bond acceptors (Lipinski definition) is 7. The number of aliphatic hydroxyl groups excluding tert-OH is 1. The number of ether oxygens (including phenoxy) is 2. The van der Waals surface area contributed by atoms with Gasteiger partial charge in [0.25, 0.3) is 0 Å². The Hall–Kier alpha value is -2.72. The molecule has 222 valence electrons. The minimum absolute atomic E-state index is 0.0753. The average Bonchev–Trinajstić information content (AvgIpc) is 3.56. The first-order valence-corrected chi connectivity index (χ1v) is 15.0. The first-order valence-electron chi connectivity index (χ1n) is 15.0. The van der Waals surface area contributed by atoms with Crippen molar-refractivity contribution in [2.24, 2.45) is 11.8 Å². The topological polar surface area (TPSA) is 125 Å². The van der Waals surface area contributed by atoms with Crippen LogP contribution in [0.1, 0.15) is 72.1 Å². The summed E-state index contributed by atoms with van der Waals surface area (Å²) in [6, 6.07) is -0.959. The van der Waals surface area contributed by atoms with Gasteiger partial charge >= 0.3 is 5.97 Å². The van der Waals surface area contributed by atoms with E-state index in [-0.39, 0.29) is 36.9 Å². The molecule has 1 spiro atoms. The van der Waals surface area contributed by atoms with E-state index in [4.69, 9.17) is 14.6 Å². The van der Waals surface area contributed by atoms with Gasteiger partial charge in [0.05, 0.1) is 18.6 Å². The molecule has 10 heteroatoms. The highest BCUT2D eigenvalue weighted by molar-refractivity contribution is 5.99. The summed E-state index contributed by atoms with van der Waals surface area (Å²) in [4.78, 5) is 57.8. The zero-order valence-corrected chi connectivity index (χ0v) is 24.0. The molecule has 4 aliphatic heterocycles. The number of unbranched alkanes of at least 4 members (excludes halogenated alkanes) is 3. The molecule has 0 aromatic carbocycles. The molecule has 0 aromatic heterocycles. The molecule has 0 saturated carbocycles. The maximum atomic E-state index is 14.5. The Morgan fingerprint density at radius 1 is 1.12 bits per heavy atom. The third-order valence-electron chi connectivity index (χ3n) is 8.62. The number of esters is 1. The maximum absolute atomic E-state index is 14.5. The van der Waals surface area contributed by atoms with E-state index in [1.165, 1.54) is 0 Å². The van der Waals surface area contributed by atoms with Crippen LogP contribution >= 0.6 is 0 Å². The molecular formula is C30H45N3O7. The molecule has 4 aliphatic rings. The standard InChI is InChI=1S/C30H45N3O7/c1-4-12-20(2)32-16-10-7-8-13-23(35)31-19-21(3)39-29(38)24-22-14-15-30(40-22)25(24)27(36)33(26(30)28(32)37)17-9-5-6-11-18-34/h7,10,14-15,20-22,24-26,34H,4-6,8-9,11-13,16-19H2,1-3H3,(H,31,35)/b10-7-/t20?,21-,22+,24-,25-,26+,30-/m0/s1. The van der Waals surface area contributed by atoms with Gasteiger partial charge in [0, 0.05) is 32.2 Å². The molecule has 4 heterocycles. The summed E-state index contributed by atoms with van der Waals surface area (Å²) < 4.78 is 12.1. The normalized spacial score (nSPS) is 34.1. The quantitative estimate of drug-likeness (QED) is 0.252. The van der Waals surface area contributed by atoms with Gasteiger partial charge in [-0.15, -0.1) is 0 Å². The fourth-order valence-corrected chi connectivity index (χ4v) is 6.61. The van der Waals surface area contributed by atoms with E-state index in [1.54, 1.807) is 17.9 Å². The van der Waals surface area contributed by atoms with Crippen molar-refractivity contribution >= 4 is 23.7 Å². The molecule has 10 nitrogen and oxygen atoms in total.